The maximum Gasteiger partial charge on any atom is 0.243 e. The Labute approximate surface area is 323 Å². The van der Waals surface area contributed by atoms with Crippen LogP contribution in [0.3, 0.4) is 0 Å². The number of ether oxygens (including phenoxy) is 1. The molecule has 0 bridgehead atoms. The summed E-state index contributed by atoms with van der Waals surface area (Å²) in [6.45, 7) is 12.2. The Kier molecular flexibility index (Phi) is 18.8. The summed E-state index contributed by atoms with van der Waals surface area (Å²) < 4.78 is 5.95. The van der Waals surface area contributed by atoms with Gasteiger partial charge in [-0.15, -0.1) is 0 Å². The fourth-order valence-corrected chi connectivity index (χ4v) is 6.45. The van der Waals surface area contributed by atoms with E-state index in [-0.39, 0.29) is 36.5 Å². The minimum Gasteiger partial charge on any atom is -0.379 e. The third-order valence-corrected chi connectivity index (χ3v) is 10.0. The summed E-state index contributed by atoms with van der Waals surface area (Å²) in [5.74, 6) is -1.02. The number of alkyl halides is 1. The zero-order chi connectivity index (χ0) is 38.0. The van der Waals surface area contributed by atoms with Gasteiger partial charge in [0.15, 0.2) is 5.78 Å². The Balaban J connectivity index is 1.82. The maximum atomic E-state index is 14.1. The molecule has 285 valence electrons. The summed E-state index contributed by atoms with van der Waals surface area (Å²) >= 11 is 2.14. The van der Waals surface area contributed by atoms with Crippen molar-refractivity contribution < 1.29 is 28.7 Å². The fraction of sp³-hybridized carbons (Fsp3) is 0.550. The van der Waals surface area contributed by atoms with E-state index >= 15 is 0 Å². The van der Waals surface area contributed by atoms with E-state index in [9.17, 15) is 24.0 Å². The number of nitrogens with zero attached hydrogens (tertiary/aromatic N) is 1. The zero-order valence-corrected chi connectivity index (χ0v) is 33.4. The number of ketones is 1. The molecule has 1 aliphatic rings. The van der Waals surface area contributed by atoms with Crippen LogP contribution >= 0.6 is 22.6 Å². The van der Waals surface area contributed by atoms with E-state index in [2.05, 4.69) is 43.9 Å². The second-order valence-electron chi connectivity index (χ2n) is 14.4. The highest BCUT2D eigenvalue weighted by Crippen LogP contribution is 2.16. The summed E-state index contributed by atoms with van der Waals surface area (Å²) in [5, 5.41) is 11.7. The molecule has 2 aromatic rings. The number of Topliss-reactive ketones (excluding diaryl/α,β-unsaturated/α-hetero) is 1. The first-order valence-electron chi connectivity index (χ1n) is 18.4. The molecule has 1 fully saturated rings. The standard InChI is InChI=1S/C40H57IN5O6/c1-27(2)22-33(37(48)29(5)25-41)43-40(51)35(24-31-14-10-7-11-15-31)45-39(50)34(23-28(3)4)44-38(49)32(17-16-30-12-8-6-9-13-30)42-36(47)26-46-18-20-52-21-19-46/h6-15,27-28,32-35H,16-26H2,1-5H3,(H,42,47)(H,43,51)(H,44,49)(H,45,50)/t32-,33-,34-,35-/m0/s1. The van der Waals surface area contributed by atoms with Gasteiger partial charge in [-0.25, -0.2) is 0 Å². The lowest BCUT2D eigenvalue weighted by molar-refractivity contribution is -0.135. The molecule has 1 saturated heterocycles. The Morgan fingerprint density at radius 1 is 0.692 bits per heavy atom. The third-order valence-electron chi connectivity index (χ3n) is 8.90. The van der Waals surface area contributed by atoms with Gasteiger partial charge in [0.2, 0.25) is 23.6 Å². The molecule has 12 heteroatoms. The van der Waals surface area contributed by atoms with E-state index in [4.69, 9.17) is 4.74 Å². The van der Waals surface area contributed by atoms with E-state index in [0.717, 1.165) is 11.1 Å². The monoisotopic (exact) mass is 830 g/mol. The Hall–Kier alpha value is -3.36. The minimum atomic E-state index is -1.01. The molecule has 4 atom stereocenters. The van der Waals surface area contributed by atoms with Crippen LogP contribution in [0.5, 0.6) is 0 Å². The number of aryl methyl sites for hydroxylation is 1. The third kappa shape index (κ3) is 15.3. The van der Waals surface area contributed by atoms with Crippen LogP contribution in [0.2, 0.25) is 0 Å². The van der Waals surface area contributed by atoms with Crippen molar-refractivity contribution in [3.05, 3.63) is 77.7 Å². The molecule has 2 aromatic carbocycles. The molecule has 4 N–H and O–H groups in total. The smallest absolute Gasteiger partial charge is 0.243 e. The molecule has 11 nitrogen and oxygen atoms in total. The van der Waals surface area contributed by atoms with Gasteiger partial charge in [0.1, 0.15) is 18.1 Å². The van der Waals surface area contributed by atoms with Gasteiger partial charge in [0.05, 0.1) is 31.7 Å². The molecule has 4 amide bonds. The lowest BCUT2D eigenvalue weighted by Gasteiger charge is -2.29. The first-order valence-corrected chi connectivity index (χ1v) is 19.9. The van der Waals surface area contributed by atoms with Gasteiger partial charge in [-0.1, -0.05) is 118 Å². The lowest BCUT2D eigenvalue weighted by atomic mass is 9.93. The number of halogens is 1. The average Bonchev–Trinajstić information content (AvgIpc) is 3.12. The predicted molar refractivity (Wildman–Crippen MR) is 212 cm³/mol. The van der Waals surface area contributed by atoms with Gasteiger partial charge in [-0.3, -0.25) is 28.9 Å². The molecule has 3 rings (SSSR count). The van der Waals surface area contributed by atoms with Crippen molar-refractivity contribution >= 4 is 52.0 Å². The van der Waals surface area contributed by atoms with Gasteiger partial charge in [-0.2, -0.15) is 0 Å². The Morgan fingerprint density at radius 2 is 1.19 bits per heavy atom. The van der Waals surface area contributed by atoms with E-state index < -0.39 is 41.9 Å². The molecule has 1 aliphatic heterocycles. The van der Waals surface area contributed by atoms with Crippen molar-refractivity contribution in [3.8, 4) is 0 Å². The van der Waals surface area contributed by atoms with Gasteiger partial charge in [0, 0.05) is 23.9 Å². The van der Waals surface area contributed by atoms with Crippen molar-refractivity contribution in [1.82, 2.24) is 26.2 Å². The number of morpholine rings is 1. The van der Waals surface area contributed by atoms with Crippen molar-refractivity contribution in [2.24, 2.45) is 11.8 Å². The van der Waals surface area contributed by atoms with E-state index in [1.807, 2.05) is 93.3 Å². The van der Waals surface area contributed by atoms with Gasteiger partial charge >= 0.3 is 0 Å². The summed E-state index contributed by atoms with van der Waals surface area (Å²) in [7, 11) is 0. The van der Waals surface area contributed by atoms with Crippen LogP contribution in [0, 0.1) is 17.8 Å². The van der Waals surface area contributed by atoms with Gasteiger partial charge in [-0.05, 0) is 48.6 Å². The molecule has 0 aromatic heterocycles. The molecule has 1 heterocycles. The number of rotatable bonds is 21. The van der Waals surface area contributed by atoms with Crippen LogP contribution in [0.4, 0.5) is 0 Å². The number of hydrogen-bond donors (Lipinski definition) is 4. The van der Waals surface area contributed by atoms with Gasteiger partial charge in [0.25, 0.3) is 0 Å². The fourth-order valence-electron chi connectivity index (χ4n) is 6.07. The number of benzene rings is 2. The first kappa shape index (κ1) is 43.0. The second kappa shape index (κ2) is 22.7. The number of carbonyl (C=O) groups excluding carboxylic acids is 5. The largest absolute Gasteiger partial charge is 0.379 e. The highest BCUT2D eigenvalue weighted by molar-refractivity contribution is 14.1. The quantitative estimate of drug-likeness (QED) is 0.111. The molecule has 0 spiro atoms. The zero-order valence-electron chi connectivity index (χ0n) is 31.3. The summed E-state index contributed by atoms with van der Waals surface area (Å²) in [5.41, 5.74) is 1.85. The molecule has 0 saturated carbocycles. The van der Waals surface area contributed by atoms with Crippen LogP contribution in [-0.2, 0) is 41.6 Å². The van der Waals surface area contributed by atoms with Crippen molar-refractivity contribution in [3.63, 3.8) is 0 Å². The highest BCUT2D eigenvalue weighted by Gasteiger charge is 2.33. The Morgan fingerprint density at radius 3 is 1.77 bits per heavy atom. The normalized spacial score (nSPS) is 15.8. The number of nitrogens with one attached hydrogen (secondary N) is 4. The topological polar surface area (TPSA) is 146 Å². The van der Waals surface area contributed by atoms with Crippen LogP contribution in [0.1, 0.15) is 65.0 Å². The first-order chi connectivity index (χ1) is 24.9. The minimum absolute atomic E-state index is 0.0240. The molecule has 0 aliphatic carbocycles. The summed E-state index contributed by atoms with van der Waals surface area (Å²) in [6.07, 6.45) is 1.83. The van der Waals surface area contributed by atoms with Crippen LogP contribution in [0.15, 0.2) is 60.7 Å². The average molecular weight is 831 g/mol. The van der Waals surface area contributed by atoms with Crippen LogP contribution < -0.4 is 21.3 Å². The van der Waals surface area contributed by atoms with Crippen LogP contribution in [-0.4, -0.2) is 95.8 Å². The summed E-state index contributed by atoms with van der Waals surface area (Å²) in [6, 6.07) is 15.5. The van der Waals surface area contributed by atoms with E-state index in [0.29, 0.717) is 62.3 Å². The molecular weight excluding hydrogens is 773 g/mol. The summed E-state index contributed by atoms with van der Waals surface area (Å²) in [4.78, 5) is 70.4. The lowest BCUT2D eigenvalue weighted by Crippen LogP contribution is -2.59. The van der Waals surface area contributed by atoms with Crippen molar-refractivity contribution in [2.45, 2.75) is 90.9 Å². The molecule has 0 unspecified atom stereocenters. The highest BCUT2D eigenvalue weighted by atomic mass is 127. The predicted octanol–water partition coefficient (Wildman–Crippen LogP) is 3.82. The molecule has 1 radical (unpaired) electrons. The van der Waals surface area contributed by atoms with E-state index in [1.54, 1.807) is 6.92 Å². The number of amides is 4. The maximum absolute atomic E-state index is 14.1. The van der Waals surface area contributed by atoms with E-state index in [1.165, 1.54) is 0 Å². The SMILES string of the molecule is C[C](CI)C(=O)[C@H](CC(C)C)NC(=O)[C@H](Cc1ccccc1)NC(=O)[C@H](CC(C)C)NC(=O)[C@H](CCc1ccccc1)NC(=O)CN1CCOCC1. The van der Waals surface area contributed by atoms with Crippen molar-refractivity contribution in [1.29, 1.82) is 0 Å². The van der Waals surface area contributed by atoms with Crippen molar-refractivity contribution in [2.75, 3.05) is 37.3 Å². The number of hydrogen-bond acceptors (Lipinski definition) is 7. The van der Waals surface area contributed by atoms with Crippen LogP contribution in [0.25, 0.3) is 0 Å². The second-order valence-corrected chi connectivity index (χ2v) is 15.2. The number of carbonyl (C=O) groups is 5. The molecular formula is C40H57IN5O6. The Bertz CT molecular complexity index is 1420. The molecule has 52 heavy (non-hydrogen) atoms. The van der Waals surface area contributed by atoms with Gasteiger partial charge < -0.3 is 26.0 Å².